The second-order valence-electron chi connectivity index (χ2n) is 3.24. The summed E-state index contributed by atoms with van der Waals surface area (Å²) in [5.74, 6) is -2.18. The van der Waals surface area contributed by atoms with Gasteiger partial charge in [-0.3, -0.25) is 10.1 Å². The first kappa shape index (κ1) is 14.0. The molecule has 0 saturated heterocycles. The number of hydrogen-bond donors (Lipinski definition) is 4. The van der Waals surface area contributed by atoms with E-state index in [2.05, 4.69) is 10.6 Å². The molecule has 6 nitrogen and oxygen atoms in total. The van der Waals surface area contributed by atoms with Gasteiger partial charge in [0.05, 0.1) is 6.04 Å². The van der Waals surface area contributed by atoms with Crippen LogP contribution in [0.4, 0.5) is 0 Å². The lowest BCUT2D eigenvalue weighted by Crippen LogP contribution is -2.44. The maximum absolute atomic E-state index is 11.2. The van der Waals surface area contributed by atoms with Crippen molar-refractivity contribution in [1.29, 1.82) is 0 Å². The van der Waals surface area contributed by atoms with Crippen molar-refractivity contribution in [3.05, 3.63) is 0 Å². The Bertz CT molecular complexity index is 209. The van der Waals surface area contributed by atoms with E-state index in [0.717, 1.165) is 12.8 Å². The van der Waals surface area contributed by atoms with E-state index in [9.17, 15) is 9.59 Å². The molecular weight excluding hydrogens is 198 g/mol. The number of carboxylic acids is 1. The molecule has 0 radical (unpaired) electrons. The highest BCUT2D eigenvalue weighted by Crippen LogP contribution is 2.01. The molecule has 0 aromatic rings. The molecule has 0 rings (SSSR count). The van der Waals surface area contributed by atoms with Gasteiger partial charge in [-0.15, -0.1) is 0 Å². The van der Waals surface area contributed by atoms with E-state index in [4.69, 9.17) is 10.8 Å². The van der Waals surface area contributed by atoms with Crippen molar-refractivity contribution in [2.24, 2.45) is 5.73 Å². The van der Waals surface area contributed by atoms with Crippen LogP contribution in [-0.2, 0) is 9.59 Å². The van der Waals surface area contributed by atoms with Gasteiger partial charge >= 0.3 is 5.97 Å². The van der Waals surface area contributed by atoms with Gasteiger partial charge in [0, 0.05) is 6.67 Å². The SMILES string of the molecule is CNCN[C@@H](CCCCN)C(=O)C(=O)O. The number of nitrogens with one attached hydrogen (secondary N) is 2. The number of rotatable bonds is 9. The normalized spacial score (nSPS) is 12.4. The Labute approximate surface area is 89.2 Å². The van der Waals surface area contributed by atoms with Crippen molar-refractivity contribution in [3.63, 3.8) is 0 Å². The Hall–Kier alpha value is -0.980. The smallest absolute Gasteiger partial charge is 0.373 e. The number of hydrogen-bond acceptors (Lipinski definition) is 5. The minimum absolute atomic E-state index is 0.409. The van der Waals surface area contributed by atoms with Crippen LogP contribution in [0.15, 0.2) is 0 Å². The van der Waals surface area contributed by atoms with Gasteiger partial charge in [-0.2, -0.15) is 0 Å². The Balaban J connectivity index is 4.05. The van der Waals surface area contributed by atoms with Crippen LogP contribution in [0.25, 0.3) is 0 Å². The molecule has 0 amide bonds. The first-order valence-electron chi connectivity index (χ1n) is 4.98. The van der Waals surface area contributed by atoms with Crippen LogP contribution in [0, 0.1) is 0 Å². The van der Waals surface area contributed by atoms with E-state index in [1.807, 2.05) is 0 Å². The summed E-state index contributed by atoms with van der Waals surface area (Å²) in [4.78, 5) is 21.7. The van der Waals surface area contributed by atoms with E-state index in [1.165, 1.54) is 0 Å². The Morgan fingerprint density at radius 3 is 2.53 bits per heavy atom. The summed E-state index contributed by atoms with van der Waals surface area (Å²) in [5.41, 5.74) is 5.32. The highest BCUT2D eigenvalue weighted by Gasteiger charge is 2.23. The van der Waals surface area contributed by atoms with E-state index in [1.54, 1.807) is 7.05 Å². The van der Waals surface area contributed by atoms with Crippen molar-refractivity contribution in [2.75, 3.05) is 20.3 Å². The van der Waals surface area contributed by atoms with E-state index in [0.29, 0.717) is 19.6 Å². The average Bonchev–Trinajstić information content (AvgIpc) is 2.22. The lowest BCUT2D eigenvalue weighted by atomic mass is 10.1. The zero-order chi connectivity index (χ0) is 11.7. The minimum atomic E-state index is -1.39. The summed E-state index contributed by atoms with van der Waals surface area (Å²) in [6.07, 6.45) is 2.05. The third kappa shape index (κ3) is 6.16. The van der Waals surface area contributed by atoms with Gasteiger partial charge in [0.1, 0.15) is 0 Å². The largest absolute Gasteiger partial charge is 0.475 e. The minimum Gasteiger partial charge on any atom is -0.475 e. The molecule has 0 heterocycles. The highest BCUT2D eigenvalue weighted by molar-refractivity contribution is 6.34. The molecule has 0 aliphatic rings. The Kier molecular flexibility index (Phi) is 7.79. The molecule has 0 aromatic carbocycles. The fourth-order valence-electron chi connectivity index (χ4n) is 1.19. The number of carbonyl (C=O) groups is 2. The van der Waals surface area contributed by atoms with Gasteiger partial charge in [0.15, 0.2) is 0 Å². The summed E-state index contributed by atoms with van der Waals surface area (Å²) >= 11 is 0. The number of ketones is 1. The third-order valence-electron chi connectivity index (χ3n) is 2.00. The molecule has 0 aliphatic carbocycles. The molecule has 0 aromatic heterocycles. The molecule has 0 unspecified atom stereocenters. The van der Waals surface area contributed by atoms with Crippen LogP contribution in [0.5, 0.6) is 0 Å². The standard InChI is InChI=1S/C9H19N3O3/c1-11-6-12-7(4-2-3-5-10)8(13)9(14)15/h7,11-12H,2-6,10H2,1H3,(H,14,15)/t7-/m0/s1. The van der Waals surface area contributed by atoms with E-state index < -0.39 is 17.8 Å². The predicted molar refractivity (Wildman–Crippen MR) is 56.4 cm³/mol. The molecule has 1 atom stereocenters. The Morgan fingerprint density at radius 2 is 2.07 bits per heavy atom. The molecule has 5 N–H and O–H groups in total. The molecule has 88 valence electrons. The van der Waals surface area contributed by atoms with E-state index in [-0.39, 0.29) is 0 Å². The number of carboxylic acid groups (broad SMARTS) is 1. The first-order valence-corrected chi connectivity index (χ1v) is 4.98. The first-order chi connectivity index (χ1) is 7.13. The van der Waals surface area contributed by atoms with Crippen LogP contribution in [0.1, 0.15) is 19.3 Å². The van der Waals surface area contributed by atoms with Crippen LogP contribution < -0.4 is 16.4 Å². The second kappa shape index (κ2) is 8.34. The van der Waals surface area contributed by atoms with Gasteiger partial charge in [-0.1, -0.05) is 6.42 Å². The van der Waals surface area contributed by atoms with Crippen LogP contribution in [0.3, 0.4) is 0 Å². The summed E-state index contributed by atoms with van der Waals surface area (Å²) in [5, 5.41) is 14.2. The van der Waals surface area contributed by atoms with Gasteiger partial charge in [-0.25, -0.2) is 4.79 Å². The number of Topliss-reactive ketones (excluding diaryl/α,β-unsaturated/α-hetero) is 1. The van der Waals surface area contributed by atoms with Crippen molar-refractivity contribution in [1.82, 2.24) is 10.6 Å². The zero-order valence-electron chi connectivity index (χ0n) is 8.95. The number of aliphatic carboxylic acids is 1. The van der Waals surface area contributed by atoms with Gasteiger partial charge in [-0.05, 0) is 26.4 Å². The predicted octanol–water partition coefficient (Wildman–Crippen LogP) is -1.10. The molecule has 0 bridgehead atoms. The summed E-state index contributed by atoms with van der Waals surface area (Å²) < 4.78 is 0. The zero-order valence-corrected chi connectivity index (χ0v) is 8.95. The lowest BCUT2D eigenvalue weighted by molar-refractivity contribution is -0.150. The van der Waals surface area contributed by atoms with Crippen LogP contribution in [-0.4, -0.2) is 43.2 Å². The van der Waals surface area contributed by atoms with Crippen molar-refractivity contribution in [2.45, 2.75) is 25.3 Å². The van der Waals surface area contributed by atoms with E-state index >= 15 is 0 Å². The lowest BCUT2D eigenvalue weighted by Gasteiger charge is -2.14. The number of nitrogens with two attached hydrogens (primary N) is 1. The molecule has 0 fully saturated rings. The fourth-order valence-corrected chi connectivity index (χ4v) is 1.19. The summed E-state index contributed by atoms with van der Waals surface area (Å²) in [6.45, 7) is 0.965. The number of unbranched alkanes of at least 4 members (excludes halogenated alkanes) is 1. The topological polar surface area (TPSA) is 104 Å². The van der Waals surface area contributed by atoms with Gasteiger partial charge < -0.3 is 16.2 Å². The van der Waals surface area contributed by atoms with Crippen LogP contribution >= 0.6 is 0 Å². The quantitative estimate of drug-likeness (QED) is 0.222. The van der Waals surface area contributed by atoms with Crippen molar-refractivity contribution < 1.29 is 14.7 Å². The fraction of sp³-hybridized carbons (Fsp3) is 0.778. The highest BCUT2D eigenvalue weighted by atomic mass is 16.4. The van der Waals surface area contributed by atoms with Gasteiger partial charge in [0.2, 0.25) is 0 Å². The number of carbonyl (C=O) groups excluding carboxylic acids is 1. The summed E-state index contributed by atoms with van der Waals surface area (Å²) in [7, 11) is 1.72. The molecule has 15 heavy (non-hydrogen) atoms. The third-order valence-corrected chi connectivity index (χ3v) is 2.00. The Morgan fingerprint density at radius 1 is 1.40 bits per heavy atom. The second-order valence-corrected chi connectivity index (χ2v) is 3.24. The molecule has 0 aliphatic heterocycles. The maximum atomic E-state index is 11.2. The molecular formula is C9H19N3O3. The molecule has 0 spiro atoms. The molecule has 6 heteroatoms. The van der Waals surface area contributed by atoms with Crippen molar-refractivity contribution >= 4 is 11.8 Å². The van der Waals surface area contributed by atoms with Gasteiger partial charge in [0.25, 0.3) is 5.78 Å². The monoisotopic (exact) mass is 217 g/mol. The molecule has 0 saturated carbocycles. The maximum Gasteiger partial charge on any atom is 0.373 e. The average molecular weight is 217 g/mol. The summed E-state index contributed by atoms with van der Waals surface area (Å²) in [6, 6.07) is -0.624. The van der Waals surface area contributed by atoms with Crippen LogP contribution in [0.2, 0.25) is 0 Å². The van der Waals surface area contributed by atoms with Crippen molar-refractivity contribution in [3.8, 4) is 0 Å².